The van der Waals surface area contributed by atoms with E-state index in [4.69, 9.17) is 33.5 Å². The van der Waals surface area contributed by atoms with E-state index < -0.39 is 11.9 Å². The van der Waals surface area contributed by atoms with E-state index in [1.54, 1.807) is 12.1 Å². The summed E-state index contributed by atoms with van der Waals surface area (Å²) in [6.07, 6.45) is 0.562. The van der Waals surface area contributed by atoms with Gasteiger partial charge in [-0.2, -0.15) is 0 Å². The lowest BCUT2D eigenvalue weighted by molar-refractivity contribution is -0.136. The molecule has 1 aromatic rings. The van der Waals surface area contributed by atoms with Gasteiger partial charge < -0.3 is 38.4 Å². The Bertz CT molecular complexity index is 1020. The number of imide groups is 1. The molecule has 1 unspecified atom stereocenters. The average molecular weight is 563 g/mol. The van der Waals surface area contributed by atoms with Crippen LogP contribution in [0.1, 0.15) is 34.3 Å². The number of aliphatic hydroxyl groups excluding tert-OH is 1. The number of hydrogen-bond donors (Lipinski definition) is 2. The molecule has 12 heteroatoms. The number of piperidine rings is 1. The smallest absolute Gasteiger partial charge is 0.255 e. The van der Waals surface area contributed by atoms with Gasteiger partial charge in [-0.05, 0) is 30.2 Å². The number of nitrogens with zero attached hydrogens (tertiary/aromatic N) is 1. The van der Waals surface area contributed by atoms with E-state index in [2.05, 4.69) is 17.2 Å². The quantitative estimate of drug-likeness (QED) is 0.133. The zero-order valence-corrected chi connectivity index (χ0v) is 22.7. The molecule has 1 atom stereocenters. The molecule has 0 saturated carbocycles. The molecule has 0 aromatic heterocycles. The molecule has 2 aliphatic heterocycles. The van der Waals surface area contributed by atoms with Crippen LogP contribution < -0.4 is 5.32 Å². The highest BCUT2D eigenvalue weighted by Gasteiger charge is 2.38. The number of amides is 3. The van der Waals surface area contributed by atoms with Crippen molar-refractivity contribution < 1.29 is 47.9 Å². The normalized spacial score (nSPS) is 16.6. The van der Waals surface area contributed by atoms with Gasteiger partial charge in [-0.15, -0.1) is 0 Å². The molecule has 0 bridgehead atoms. The number of carbonyl (C=O) groups is 3. The predicted molar refractivity (Wildman–Crippen MR) is 141 cm³/mol. The van der Waals surface area contributed by atoms with Gasteiger partial charge in [0.15, 0.2) is 0 Å². The summed E-state index contributed by atoms with van der Waals surface area (Å²) in [6, 6.07) is 4.73. The second-order valence-electron chi connectivity index (χ2n) is 8.91. The van der Waals surface area contributed by atoms with Crippen molar-refractivity contribution in [1.29, 1.82) is 0 Å². The fourth-order valence-corrected chi connectivity index (χ4v) is 4.08. The fraction of sp³-hybridized carbons (Fsp3) is 0.607. The van der Waals surface area contributed by atoms with Crippen LogP contribution in [0.5, 0.6) is 0 Å². The van der Waals surface area contributed by atoms with E-state index in [0.29, 0.717) is 91.2 Å². The van der Waals surface area contributed by atoms with Crippen LogP contribution in [0.3, 0.4) is 0 Å². The average Bonchev–Trinajstić information content (AvgIpc) is 3.27. The van der Waals surface area contributed by atoms with Crippen LogP contribution >= 0.6 is 0 Å². The van der Waals surface area contributed by atoms with Crippen LogP contribution in [0.2, 0.25) is 0 Å². The summed E-state index contributed by atoms with van der Waals surface area (Å²) in [5, 5.41) is 10.9. The lowest BCUT2D eigenvalue weighted by Gasteiger charge is -2.29. The molecule has 0 radical (unpaired) electrons. The summed E-state index contributed by atoms with van der Waals surface area (Å²) < 4.78 is 32.2. The Morgan fingerprint density at radius 3 is 1.98 bits per heavy atom. The number of carbonyl (C=O) groups excluding carboxylic acids is 3. The first-order valence-corrected chi connectivity index (χ1v) is 13.4. The van der Waals surface area contributed by atoms with Crippen molar-refractivity contribution in [2.24, 2.45) is 0 Å². The Morgan fingerprint density at radius 1 is 0.825 bits per heavy atom. The van der Waals surface area contributed by atoms with Gasteiger partial charge in [0.05, 0.1) is 79.3 Å². The Hall–Kier alpha value is -2.89. The molecule has 1 aromatic carbocycles. The summed E-state index contributed by atoms with van der Waals surface area (Å²) in [5.74, 6) is 5.05. The fourth-order valence-electron chi connectivity index (χ4n) is 4.08. The lowest BCUT2D eigenvalue weighted by atomic mass is 10.0. The molecule has 2 heterocycles. The molecular formula is C28H38N2O10. The topological polar surface area (TPSA) is 142 Å². The minimum atomic E-state index is -0.630. The standard InChI is InChI=1S/C28H38N2O10/c31-7-9-36-11-13-38-15-17-40-19-18-39-16-14-37-12-10-35-8-1-2-22-3-4-24-23(20-22)21-30(28(24)34)25-5-6-26(32)29-27(25)33/h3-4,20,25,31H,5-19,21H2,(H,29,32,33). The molecule has 2 N–H and O–H groups in total. The zero-order chi connectivity index (χ0) is 28.4. The molecule has 0 aliphatic carbocycles. The van der Waals surface area contributed by atoms with Crippen LogP contribution in [0.15, 0.2) is 18.2 Å². The zero-order valence-electron chi connectivity index (χ0n) is 22.7. The molecular weight excluding hydrogens is 524 g/mol. The highest BCUT2D eigenvalue weighted by molar-refractivity contribution is 6.05. The van der Waals surface area contributed by atoms with Crippen molar-refractivity contribution >= 4 is 17.7 Å². The van der Waals surface area contributed by atoms with Gasteiger partial charge in [-0.3, -0.25) is 19.7 Å². The Labute approximate surface area is 234 Å². The Balaban J connectivity index is 1.17. The Kier molecular flexibility index (Phi) is 14.6. The summed E-state index contributed by atoms with van der Waals surface area (Å²) in [6.45, 7) is 5.49. The SMILES string of the molecule is O=C1CCC(N2Cc3cc(C#CCOCCOCCOCCOCCOCCOCCO)ccc3C2=O)C(=O)N1. The number of benzene rings is 1. The first-order chi connectivity index (χ1) is 19.6. The van der Waals surface area contributed by atoms with Gasteiger partial charge in [-0.1, -0.05) is 11.8 Å². The predicted octanol–water partition coefficient (Wildman–Crippen LogP) is -0.109. The van der Waals surface area contributed by atoms with Crippen molar-refractivity contribution in [1.82, 2.24) is 10.2 Å². The van der Waals surface area contributed by atoms with E-state index in [9.17, 15) is 14.4 Å². The van der Waals surface area contributed by atoms with Crippen LogP contribution in [0, 0.1) is 11.8 Å². The van der Waals surface area contributed by atoms with E-state index in [1.165, 1.54) is 4.90 Å². The number of ether oxygens (including phenoxy) is 6. The first kappa shape index (κ1) is 31.6. The first-order valence-electron chi connectivity index (χ1n) is 13.4. The van der Waals surface area contributed by atoms with Crippen LogP contribution in [0.4, 0.5) is 0 Å². The summed E-state index contributed by atoms with van der Waals surface area (Å²) in [4.78, 5) is 37.8. The highest BCUT2D eigenvalue weighted by atomic mass is 16.6. The monoisotopic (exact) mass is 562 g/mol. The van der Waals surface area contributed by atoms with Crippen molar-refractivity contribution in [2.45, 2.75) is 25.4 Å². The van der Waals surface area contributed by atoms with E-state index in [1.807, 2.05) is 6.07 Å². The van der Waals surface area contributed by atoms with Gasteiger partial charge in [0.25, 0.3) is 5.91 Å². The van der Waals surface area contributed by atoms with E-state index >= 15 is 0 Å². The number of hydrogen-bond acceptors (Lipinski definition) is 10. The molecule has 1 saturated heterocycles. The van der Waals surface area contributed by atoms with Gasteiger partial charge in [0.1, 0.15) is 12.6 Å². The number of fused-ring (bicyclic) bond motifs is 1. The number of nitrogens with one attached hydrogen (secondary N) is 1. The minimum Gasteiger partial charge on any atom is -0.394 e. The molecule has 2 aliphatic rings. The maximum absolute atomic E-state index is 12.8. The van der Waals surface area contributed by atoms with Crippen molar-refractivity contribution in [3.63, 3.8) is 0 Å². The molecule has 12 nitrogen and oxygen atoms in total. The highest BCUT2D eigenvalue weighted by Crippen LogP contribution is 2.28. The van der Waals surface area contributed by atoms with Gasteiger partial charge >= 0.3 is 0 Å². The minimum absolute atomic E-state index is 0.0130. The molecule has 40 heavy (non-hydrogen) atoms. The maximum atomic E-state index is 12.8. The van der Waals surface area contributed by atoms with E-state index in [0.717, 1.165) is 11.1 Å². The molecule has 3 amide bonds. The molecule has 220 valence electrons. The molecule has 1 fully saturated rings. The third-order valence-corrected chi connectivity index (χ3v) is 6.03. The second-order valence-corrected chi connectivity index (χ2v) is 8.91. The van der Waals surface area contributed by atoms with Crippen LogP contribution in [-0.2, 0) is 44.6 Å². The second kappa shape index (κ2) is 18.5. The van der Waals surface area contributed by atoms with Crippen LogP contribution in [-0.4, -0.2) is 120 Å². The number of rotatable bonds is 19. The summed E-state index contributed by atoms with van der Waals surface area (Å²) in [7, 11) is 0. The van der Waals surface area contributed by atoms with Crippen molar-refractivity contribution in [3.05, 3.63) is 34.9 Å². The largest absolute Gasteiger partial charge is 0.394 e. The van der Waals surface area contributed by atoms with E-state index in [-0.39, 0.29) is 31.4 Å². The van der Waals surface area contributed by atoms with Gasteiger partial charge in [0.2, 0.25) is 11.8 Å². The van der Waals surface area contributed by atoms with Crippen molar-refractivity contribution in [3.8, 4) is 11.8 Å². The van der Waals surface area contributed by atoms with Gasteiger partial charge in [-0.25, -0.2) is 0 Å². The third kappa shape index (κ3) is 10.9. The van der Waals surface area contributed by atoms with Crippen molar-refractivity contribution in [2.75, 3.05) is 85.9 Å². The lowest BCUT2D eigenvalue weighted by Crippen LogP contribution is -2.52. The molecule has 3 rings (SSSR count). The maximum Gasteiger partial charge on any atom is 0.255 e. The summed E-state index contributed by atoms with van der Waals surface area (Å²) in [5.41, 5.74) is 2.13. The summed E-state index contributed by atoms with van der Waals surface area (Å²) >= 11 is 0. The van der Waals surface area contributed by atoms with Gasteiger partial charge in [0, 0.05) is 24.1 Å². The Morgan fingerprint density at radius 2 is 1.40 bits per heavy atom. The van der Waals surface area contributed by atoms with Crippen LogP contribution in [0.25, 0.3) is 0 Å². The molecule has 0 spiro atoms. The number of aliphatic hydroxyl groups is 1. The third-order valence-electron chi connectivity index (χ3n) is 6.03.